The molecule has 5 nitrogen and oxygen atoms in total. The van der Waals surface area contributed by atoms with Crippen molar-refractivity contribution in [3.05, 3.63) is 61.6 Å². The summed E-state index contributed by atoms with van der Waals surface area (Å²) in [5.41, 5.74) is 7.82. The van der Waals surface area contributed by atoms with Crippen molar-refractivity contribution in [2.45, 2.75) is 26.2 Å². The first-order chi connectivity index (χ1) is 12.6. The van der Waals surface area contributed by atoms with Gasteiger partial charge in [0.05, 0.1) is 15.6 Å². The minimum absolute atomic E-state index is 0.278. The second-order valence-electron chi connectivity index (χ2n) is 6.10. The molecule has 2 amide bonds. The second-order valence-corrected chi connectivity index (χ2v) is 8.44. The maximum atomic E-state index is 12.6. The standard InChI is InChI=1S/C19H17N3O2S2/c1-11-20-16(12-6-3-2-4-7-12)17(25-11)19(24)22-21-18(23)15-10-13-8-5-9-14(13)26-15/h2-4,6-7,10H,5,8-9H2,1H3,(H,21,23)(H,22,24). The van der Waals surface area contributed by atoms with E-state index in [0.29, 0.717) is 15.4 Å². The van der Waals surface area contributed by atoms with Crippen LogP contribution in [0.25, 0.3) is 11.3 Å². The average Bonchev–Trinajstić information content (AvgIpc) is 3.34. The maximum absolute atomic E-state index is 12.6. The molecule has 3 aromatic rings. The molecule has 2 aromatic heterocycles. The summed E-state index contributed by atoms with van der Waals surface area (Å²) < 4.78 is 0. The number of thiophene rings is 1. The van der Waals surface area contributed by atoms with E-state index in [1.165, 1.54) is 33.1 Å². The minimum Gasteiger partial charge on any atom is -0.266 e. The van der Waals surface area contributed by atoms with Crippen LogP contribution in [0.15, 0.2) is 36.4 Å². The highest BCUT2D eigenvalue weighted by Crippen LogP contribution is 2.30. The van der Waals surface area contributed by atoms with Gasteiger partial charge in [0.25, 0.3) is 11.8 Å². The van der Waals surface area contributed by atoms with Gasteiger partial charge in [0.2, 0.25) is 0 Å². The molecule has 0 saturated carbocycles. The Hall–Kier alpha value is -2.51. The molecule has 0 radical (unpaired) electrons. The van der Waals surface area contributed by atoms with Crippen molar-refractivity contribution in [2.75, 3.05) is 0 Å². The van der Waals surface area contributed by atoms with Crippen molar-refractivity contribution < 1.29 is 9.59 Å². The lowest BCUT2D eigenvalue weighted by molar-refractivity contribution is 0.0851. The third kappa shape index (κ3) is 3.27. The van der Waals surface area contributed by atoms with Crippen molar-refractivity contribution in [3.63, 3.8) is 0 Å². The predicted molar refractivity (Wildman–Crippen MR) is 104 cm³/mol. The number of aromatic nitrogens is 1. The normalized spacial score (nSPS) is 12.7. The molecule has 1 aliphatic carbocycles. The first kappa shape index (κ1) is 16.9. The monoisotopic (exact) mass is 383 g/mol. The largest absolute Gasteiger partial charge is 0.282 e. The van der Waals surface area contributed by atoms with Crippen LogP contribution in [0.1, 0.15) is 41.2 Å². The Balaban J connectivity index is 1.47. The molecule has 0 saturated heterocycles. The molecule has 2 N–H and O–H groups in total. The van der Waals surface area contributed by atoms with E-state index in [0.717, 1.165) is 29.8 Å². The molecule has 1 aliphatic rings. The fourth-order valence-electron chi connectivity index (χ4n) is 3.05. The first-order valence-electron chi connectivity index (χ1n) is 8.37. The smallest absolute Gasteiger partial charge is 0.266 e. The highest BCUT2D eigenvalue weighted by atomic mass is 32.1. The first-order valence-corrected chi connectivity index (χ1v) is 10.0. The molecule has 0 aliphatic heterocycles. The van der Waals surface area contributed by atoms with Gasteiger partial charge in [-0.3, -0.25) is 20.4 Å². The Morgan fingerprint density at radius 1 is 1.04 bits per heavy atom. The average molecular weight is 383 g/mol. The summed E-state index contributed by atoms with van der Waals surface area (Å²) in [4.78, 5) is 31.8. The summed E-state index contributed by atoms with van der Waals surface area (Å²) in [6.45, 7) is 1.86. The summed E-state index contributed by atoms with van der Waals surface area (Å²) in [6, 6.07) is 11.5. The molecule has 1 aromatic carbocycles. The van der Waals surface area contributed by atoms with Gasteiger partial charge >= 0.3 is 0 Å². The van der Waals surface area contributed by atoms with Gasteiger partial charge in [0, 0.05) is 10.4 Å². The van der Waals surface area contributed by atoms with Crippen molar-refractivity contribution >= 4 is 34.5 Å². The predicted octanol–water partition coefficient (Wildman–Crippen LogP) is 3.74. The Morgan fingerprint density at radius 2 is 1.81 bits per heavy atom. The van der Waals surface area contributed by atoms with E-state index in [1.807, 2.05) is 43.3 Å². The van der Waals surface area contributed by atoms with E-state index in [4.69, 9.17) is 0 Å². The molecule has 0 bridgehead atoms. The van der Waals surface area contributed by atoms with Gasteiger partial charge in [0.15, 0.2) is 0 Å². The van der Waals surface area contributed by atoms with Crippen molar-refractivity contribution in [1.82, 2.24) is 15.8 Å². The van der Waals surface area contributed by atoms with Gasteiger partial charge in [-0.05, 0) is 37.8 Å². The number of carbonyl (C=O) groups is 2. The molecule has 0 atom stereocenters. The van der Waals surface area contributed by atoms with Crippen molar-refractivity contribution in [3.8, 4) is 11.3 Å². The summed E-state index contributed by atoms with van der Waals surface area (Å²) in [5, 5.41) is 0.801. The number of hydrogen-bond acceptors (Lipinski definition) is 5. The van der Waals surface area contributed by atoms with Gasteiger partial charge in [-0.15, -0.1) is 22.7 Å². The summed E-state index contributed by atoms with van der Waals surface area (Å²) in [6.07, 6.45) is 3.24. The number of nitrogens with zero attached hydrogens (tertiary/aromatic N) is 1. The number of carbonyl (C=O) groups excluding carboxylic acids is 2. The molecular formula is C19H17N3O2S2. The maximum Gasteiger partial charge on any atom is 0.282 e. The van der Waals surface area contributed by atoms with Gasteiger partial charge in [-0.1, -0.05) is 30.3 Å². The van der Waals surface area contributed by atoms with Crippen LogP contribution in [0.4, 0.5) is 0 Å². The van der Waals surface area contributed by atoms with E-state index >= 15 is 0 Å². The third-order valence-electron chi connectivity index (χ3n) is 4.25. The lowest BCUT2D eigenvalue weighted by Crippen LogP contribution is -2.41. The summed E-state index contributed by atoms with van der Waals surface area (Å²) in [7, 11) is 0. The van der Waals surface area contributed by atoms with Gasteiger partial charge in [0.1, 0.15) is 4.88 Å². The number of benzene rings is 1. The van der Waals surface area contributed by atoms with E-state index in [9.17, 15) is 9.59 Å². The topological polar surface area (TPSA) is 71.1 Å². The highest BCUT2D eigenvalue weighted by molar-refractivity contribution is 7.14. The van der Waals surface area contributed by atoms with Crippen LogP contribution < -0.4 is 10.9 Å². The Morgan fingerprint density at radius 3 is 2.58 bits per heavy atom. The number of aryl methyl sites for hydroxylation is 3. The number of rotatable bonds is 3. The van der Waals surface area contributed by atoms with E-state index in [1.54, 1.807) is 0 Å². The Bertz CT molecular complexity index is 955. The molecule has 0 fully saturated rings. The Labute approximate surface area is 159 Å². The highest BCUT2D eigenvalue weighted by Gasteiger charge is 2.21. The number of fused-ring (bicyclic) bond motifs is 1. The number of hydrazine groups is 1. The van der Waals surface area contributed by atoms with Crippen LogP contribution in [0.5, 0.6) is 0 Å². The van der Waals surface area contributed by atoms with E-state index in [2.05, 4.69) is 15.8 Å². The van der Waals surface area contributed by atoms with Gasteiger partial charge < -0.3 is 0 Å². The second kappa shape index (κ2) is 7.01. The molecule has 0 spiro atoms. The fourth-order valence-corrected chi connectivity index (χ4v) is 5.03. The molecule has 2 heterocycles. The van der Waals surface area contributed by atoms with Crippen molar-refractivity contribution in [1.29, 1.82) is 0 Å². The van der Waals surface area contributed by atoms with Crippen LogP contribution in [0, 0.1) is 6.92 Å². The zero-order valence-electron chi connectivity index (χ0n) is 14.2. The molecule has 4 rings (SSSR count). The van der Waals surface area contributed by atoms with Gasteiger partial charge in [-0.2, -0.15) is 0 Å². The van der Waals surface area contributed by atoms with Crippen LogP contribution >= 0.6 is 22.7 Å². The number of hydrogen-bond donors (Lipinski definition) is 2. The lowest BCUT2D eigenvalue weighted by atomic mass is 10.1. The zero-order valence-corrected chi connectivity index (χ0v) is 15.8. The quantitative estimate of drug-likeness (QED) is 0.677. The fraction of sp³-hybridized carbons (Fsp3) is 0.211. The van der Waals surface area contributed by atoms with Crippen LogP contribution in [-0.2, 0) is 12.8 Å². The van der Waals surface area contributed by atoms with Crippen LogP contribution in [-0.4, -0.2) is 16.8 Å². The SMILES string of the molecule is Cc1nc(-c2ccccc2)c(C(=O)NNC(=O)c2cc3c(s2)CCC3)s1. The summed E-state index contributed by atoms with van der Waals surface area (Å²) >= 11 is 2.82. The van der Waals surface area contributed by atoms with Crippen LogP contribution in [0.3, 0.4) is 0 Å². The molecule has 0 unspecified atom stereocenters. The molecule has 7 heteroatoms. The number of amides is 2. The lowest BCUT2D eigenvalue weighted by Gasteiger charge is -2.06. The molecule has 132 valence electrons. The van der Waals surface area contributed by atoms with Gasteiger partial charge in [-0.25, -0.2) is 4.98 Å². The number of nitrogens with one attached hydrogen (secondary N) is 2. The third-order valence-corrected chi connectivity index (χ3v) is 6.45. The molecule has 26 heavy (non-hydrogen) atoms. The van der Waals surface area contributed by atoms with Crippen LogP contribution in [0.2, 0.25) is 0 Å². The van der Waals surface area contributed by atoms with E-state index < -0.39 is 0 Å². The summed E-state index contributed by atoms with van der Waals surface area (Å²) in [5.74, 6) is -0.632. The molecular weight excluding hydrogens is 366 g/mol. The minimum atomic E-state index is -0.355. The Kier molecular flexibility index (Phi) is 4.57. The van der Waals surface area contributed by atoms with E-state index in [-0.39, 0.29) is 11.8 Å². The number of thiazole rings is 1. The van der Waals surface area contributed by atoms with Crippen molar-refractivity contribution in [2.24, 2.45) is 0 Å². The zero-order chi connectivity index (χ0) is 18.1.